The van der Waals surface area contributed by atoms with Crippen LogP contribution >= 0.6 is 0 Å². The van der Waals surface area contributed by atoms with Crippen molar-refractivity contribution < 1.29 is 9.53 Å². The number of aryl methyl sites for hydroxylation is 1. The van der Waals surface area contributed by atoms with Gasteiger partial charge >= 0.3 is 0 Å². The van der Waals surface area contributed by atoms with Gasteiger partial charge in [0.15, 0.2) is 5.78 Å². The van der Waals surface area contributed by atoms with Crippen LogP contribution in [0.15, 0.2) is 18.5 Å². The lowest BCUT2D eigenvalue weighted by molar-refractivity contribution is -0.0846. The Labute approximate surface area is 114 Å². The van der Waals surface area contributed by atoms with Crippen molar-refractivity contribution in [3.05, 3.63) is 24.0 Å². The predicted octanol–water partition coefficient (Wildman–Crippen LogP) is 1.85. The molecule has 2 heterocycles. The first-order valence-corrected chi connectivity index (χ1v) is 7.25. The maximum atomic E-state index is 12.3. The highest BCUT2D eigenvalue weighted by atomic mass is 16.5. The molecule has 2 fully saturated rings. The summed E-state index contributed by atoms with van der Waals surface area (Å²) in [5.41, 5.74) is 0.821. The lowest BCUT2D eigenvalue weighted by Gasteiger charge is -2.43. The molecule has 1 saturated carbocycles. The lowest BCUT2D eigenvalue weighted by Crippen LogP contribution is -2.53. The van der Waals surface area contributed by atoms with E-state index in [9.17, 15) is 4.79 Å². The van der Waals surface area contributed by atoms with E-state index in [2.05, 4.69) is 4.90 Å². The van der Waals surface area contributed by atoms with Gasteiger partial charge in [-0.25, -0.2) is 0 Å². The number of carbonyl (C=O) groups is 1. The molecule has 0 radical (unpaired) electrons. The van der Waals surface area contributed by atoms with Gasteiger partial charge in [0, 0.05) is 37.6 Å². The summed E-state index contributed by atoms with van der Waals surface area (Å²) in [6.45, 7) is 2.19. The second kappa shape index (κ2) is 5.47. The summed E-state index contributed by atoms with van der Waals surface area (Å²) in [7, 11) is 1.95. The van der Waals surface area contributed by atoms with Crippen LogP contribution in [0.3, 0.4) is 0 Å². The Morgan fingerprint density at radius 2 is 2.26 bits per heavy atom. The van der Waals surface area contributed by atoms with Gasteiger partial charge in [0.05, 0.1) is 19.3 Å². The van der Waals surface area contributed by atoms with Gasteiger partial charge in [0.1, 0.15) is 0 Å². The molecule has 1 aromatic rings. The predicted molar refractivity (Wildman–Crippen MR) is 73.3 cm³/mol. The van der Waals surface area contributed by atoms with Gasteiger partial charge < -0.3 is 9.30 Å². The van der Waals surface area contributed by atoms with E-state index in [1.54, 1.807) is 0 Å². The summed E-state index contributed by atoms with van der Waals surface area (Å²) in [4.78, 5) is 14.6. The molecule has 4 nitrogen and oxygen atoms in total. The van der Waals surface area contributed by atoms with Crippen molar-refractivity contribution in [3.8, 4) is 0 Å². The average molecular weight is 262 g/mol. The van der Waals surface area contributed by atoms with Crippen molar-refractivity contribution in [3.63, 3.8) is 0 Å². The van der Waals surface area contributed by atoms with Crippen molar-refractivity contribution >= 4 is 5.78 Å². The van der Waals surface area contributed by atoms with Gasteiger partial charge in [-0.1, -0.05) is 12.8 Å². The number of rotatable bonds is 3. The zero-order chi connectivity index (χ0) is 13.2. The van der Waals surface area contributed by atoms with Crippen LogP contribution in [0.1, 0.15) is 36.0 Å². The molecule has 1 aromatic heterocycles. The molecular weight excluding hydrogens is 240 g/mol. The number of Topliss-reactive ketones (excluding diaryl/α,β-unsaturated/α-hetero) is 1. The number of ether oxygens (including phenoxy) is 1. The fourth-order valence-electron chi connectivity index (χ4n) is 3.32. The molecule has 1 aliphatic heterocycles. The normalized spacial score (nSPS) is 28.1. The number of fused-ring (bicyclic) bond motifs is 1. The van der Waals surface area contributed by atoms with Gasteiger partial charge in [0.2, 0.25) is 0 Å². The van der Waals surface area contributed by atoms with E-state index in [0.29, 0.717) is 18.7 Å². The molecule has 4 heteroatoms. The molecule has 2 aliphatic rings. The molecular formula is C15H22N2O2. The Hall–Kier alpha value is -1.13. The molecule has 0 spiro atoms. The number of aromatic nitrogens is 1. The topological polar surface area (TPSA) is 34.5 Å². The molecule has 2 unspecified atom stereocenters. The fourth-order valence-corrected chi connectivity index (χ4v) is 3.32. The first-order chi connectivity index (χ1) is 9.24. The minimum atomic E-state index is 0.229. The van der Waals surface area contributed by atoms with Crippen LogP contribution in [0.4, 0.5) is 0 Å². The highest BCUT2D eigenvalue weighted by molar-refractivity contribution is 5.97. The number of nitrogens with zero attached hydrogens (tertiary/aromatic N) is 2. The highest BCUT2D eigenvalue weighted by Crippen LogP contribution is 2.28. The van der Waals surface area contributed by atoms with Gasteiger partial charge in [-0.3, -0.25) is 9.69 Å². The minimum Gasteiger partial charge on any atom is -0.375 e. The molecule has 0 aromatic carbocycles. The van der Waals surface area contributed by atoms with Crippen LogP contribution in [0, 0.1) is 0 Å². The third kappa shape index (κ3) is 2.74. The van der Waals surface area contributed by atoms with Gasteiger partial charge in [-0.15, -0.1) is 0 Å². The fraction of sp³-hybridized carbons (Fsp3) is 0.667. The Balaban J connectivity index is 1.66. The largest absolute Gasteiger partial charge is 0.375 e. The Morgan fingerprint density at radius 1 is 1.42 bits per heavy atom. The quantitative estimate of drug-likeness (QED) is 0.780. The van der Waals surface area contributed by atoms with Crippen molar-refractivity contribution in [2.24, 2.45) is 7.05 Å². The molecule has 1 saturated heterocycles. The van der Waals surface area contributed by atoms with Crippen molar-refractivity contribution in [2.45, 2.75) is 37.8 Å². The Bertz CT molecular complexity index is 453. The Morgan fingerprint density at radius 3 is 3.05 bits per heavy atom. The third-order valence-corrected chi connectivity index (χ3v) is 4.35. The second-order valence-electron chi connectivity index (χ2n) is 5.72. The lowest BCUT2D eigenvalue weighted by atomic mass is 9.90. The van der Waals surface area contributed by atoms with Crippen LogP contribution in [0.2, 0.25) is 0 Å². The van der Waals surface area contributed by atoms with Crippen LogP contribution in [0.5, 0.6) is 0 Å². The molecule has 0 amide bonds. The number of morpholine rings is 1. The maximum absolute atomic E-state index is 12.3. The van der Waals surface area contributed by atoms with Crippen LogP contribution in [0.25, 0.3) is 0 Å². The monoisotopic (exact) mass is 262 g/mol. The molecule has 2 atom stereocenters. The zero-order valence-electron chi connectivity index (χ0n) is 11.5. The number of ketones is 1. The summed E-state index contributed by atoms with van der Waals surface area (Å²) >= 11 is 0. The zero-order valence-corrected chi connectivity index (χ0v) is 11.5. The van der Waals surface area contributed by atoms with E-state index in [1.165, 1.54) is 19.3 Å². The molecule has 1 aliphatic carbocycles. The standard InChI is InChI=1S/C15H22N2O2/c1-16-7-6-12(10-16)14(18)11-17-8-9-19-15-5-3-2-4-13(15)17/h6-7,10,13,15H,2-5,8-9,11H2,1H3. The van der Waals surface area contributed by atoms with Crippen LogP contribution < -0.4 is 0 Å². The summed E-state index contributed by atoms with van der Waals surface area (Å²) in [6.07, 6.45) is 9.04. The maximum Gasteiger partial charge on any atom is 0.178 e. The summed E-state index contributed by atoms with van der Waals surface area (Å²) < 4.78 is 7.77. The van der Waals surface area contributed by atoms with Gasteiger partial charge in [-0.05, 0) is 18.9 Å². The number of hydrogen-bond donors (Lipinski definition) is 0. The smallest absolute Gasteiger partial charge is 0.178 e. The molecule has 0 bridgehead atoms. The van der Waals surface area contributed by atoms with Crippen LogP contribution in [-0.2, 0) is 11.8 Å². The van der Waals surface area contributed by atoms with E-state index in [0.717, 1.165) is 25.1 Å². The molecule has 0 N–H and O–H groups in total. The van der Waals surface area contributed by atoms with E-state index in [4.69, 9.17) is 4.74 Å². The van der Waals surface area contributed by atoms with Gasteiger partial charge in [-0.2, -0.15) is 0 Å². The second-order valence-corrected chi connectivity index (χ2v) is 5.72. The van der Waals surface area contributed by atoms with Crippen molar-refractivity contribution in [1.29, 1.82) is 0 Å². The molecule has 3 rings (SSSR count). The Kier molecular flexibility index (Phi) is 3.71. The van der Waals surface area contributed by atoms with E-state index >= 15 is 0 Å². The average Bonchev–Trinajstić information content (AvgIpc) is 2.86. The summed E-state index contributed by atoms with van der Waals surface area (Å²) in [5.74, 6) is 0.229. The van der Waals surface area contributed by atoms with Crippen molar-refractivity contribution in [1.82, 2.24) is 9.47 Å². The van der Waals surface area contributed by atoms with Gasteiger partial charge in [0.25, 0.3) is 0 Å². The third-order valence-electron chi connectivity index (χ3n) is 4.35. The van der Waals surface area contributed by atoms with Crippen molar-refractivity contribution in [2.75, 3.05) is 19.7 Å². The minimum absolute atomic E-state index is 0.229. The summed E-state index contributed by atoms with van der Waals surface area (Å²) in [5, 5.41) is 0. The highest BCUT2D eigenvalue weighted by Gasteiger charge is 2.34. The first kappa shape index (κ1) is 12.9. The number of carbonyl (C=O) groups excluding carboxylic acids is 1. The van der Waals surface area contributed by atoms with E-state index in [-0.39, 0.29) is 5.78 Å². The SMILES string of the molecule is Cn1ccc(C(=O)CN2CCOC3CCCCC32)c1. The van der Waals surface area contributed by atoms with E-state index in [1.807, 2.05) is 30.1 Å². The molecule has 19 heavy (non-hydrogen) atoms. The molecule has 104 valence electrons. The first-order valence-electron chi connectivity index (χ1n) is 7.25. The summed E-state index contributed by atoms with van der Waals surface area (Å²) in [6, 6.07) is 2.36. The number of hydrogen-bond acceptors (Lipinski definition) is 3. The van der Waals surface area contributed by atoms with E-state index < -0.39 is 0 Å². The van der Waals surface area contributed by atoms with Crippen LogP contribution in [-0.4, -0.2) is 47.1 Å².